The number of amides is 1. The summed E-state index contributed by atoms with van der Waals surface area (Å²) in [6.45, 7) is 13.4. The zero-order valence-electron chi connectivity index (χ0n) is 21.4. The Morgan fingerprint density at radius 3 is 1.30 bits per heavy atom. The molecule has 0 N–H and O–H groups in total. The van der Waals surface area contributed by atoms with Gasteiger partial charge in [-0.25, -0.2) is 0 Å². The Balaban J connectivity index is 1.55. The van der Waals surface area contributed by atoms with Gasteiger partial charge in [-0.15, -0.1) is 0 Å². The van der Waals surface area contributed by atoms with Gasteiger partial charge in [0.25, 0.3) is 0 Å². The third kappa shape index (κ3) is 4.15. The first-order valence-corrected chi connectivity index (χ1v) is 13.0. The average molecular weight is 444 g/mol. The minimum Gasteiger partial charge on any atom is -0.281 e. The summed E-state index contributed by atoms with van der Waals surface area (Å²) in [7, 11) is 0. The molecule has 4 aliphatic carbocycles. The fraction of sp³-hybridized carbons (Fsp3) is 0.581. The van der Waals surface area contributed by atoms with Gasteiger partial charge in [0.2, 0.25) is 5.91 Å². The van der Waals surface area contributed by atoms with E-state index >= 15 is 0 Å². The van der Waals surface area contributed by atoms with Crippen molar-refractivity contribution >= 4 is 17.3 Å². The zero-order valence-corrected chi connectivity index (χ0v) is 21.4. The van der Waals surface area contributed by atoms with Crippen LogP contribution in [-0.4, -0.2) is 5.91 Å². The largest absolute Gasteiger partial charge is 0.281 e. The number of carbonyl (C=O) groups is 1. The number of hydrogen-bond acceptors (Lipinski definition) is 1. The normalized spacial score (nSPS) is 28.7. The molecule has 33 heavy (non-hydrogen) atoms. The molecular weight excluding hydrogens is 402 g/mol. The van der Waals surface area contributed by atoms with Crippen molar-refractivity contribution < 1.29 is 4.79 Å². The molecule has 2 heteroatoms. The number of benzene rings is 2. The summed E-state index contributed by atoms with van der Waals surface area (Å²) in [5, 5.41) is 0. The molecule has 4 fully saturated rings. The summed E-state index contributed by atoms with van der Waals surface area (Å²) in [4.78, 5) is 16.5. The van der Waals surface area contributed by atoms with Crippen LogP contribution in [0.1, 0.15) is 91.2 Å². The van der Waals surface area contributed by atoms with Gasteiger partial charge in [-0.3, -0.25) is 9.69 Å². The molecule has 2 aromatic carbocycles. The lowest BCUT2D eigenvalue weighted by Gasteiger charge is -2.56. The standard InChI is InChI=1S/C31H41NO/c1-29(2,3)24-7-11-26(12-8-24)32(27-13-9-25(10-14-27)30(4,5)6)28(33)31-18-21-15-22(19-31)17-23(16-21)20-31/h7-14,21-23H,15-20H2,1-6H3. The molecular formula is C31H41NO. The van der Waals surface area contributed by atoms with Gasteiger partial charge < -0.3 is 0 Å². The Hall–Kier alpha value is -2.09. The second-order valence-electron chi connectivity index (χ2n) is 13.4. The SMILES string of the molecule is CC(C)(C)c1ccc(N(C(=O)C23CC4CC(CC(C4)C2)C3)c2ccc(C(C)(C)C)cc2)cc1. The highest BCUT2D eigenvalue weighted by molar-refractivity contribution is 6.04. The minimum absolute atomic E-state index is 0.0989. The molecule has 0 spiro atoms. The number of hydrogen-bond donors (Lipinski definition) is 0. The lowest BCUT2D eigenvalue weighted by Crippen LogP contribution is -2.53. The van der Waals surface area contributed by atoms with E-state index in [-0.39, 0.29) is 16.2 Å². The van der Waals surface area contributed by atoms with E-state index < -0.39 is 0 Å². The molecule has 0 aliphatic heterocycles. The predicted molar refractivity (Wildman–Crippen MR) is 138 cm³/mol. The smallest absolute Gasteiger partial charge is 0.237 e. The first-order chi connectivity index (χ1) is 15.4. The first kappa shape index (κ1) is 22.7. The quantitative estimate of drug-likeness (QED) is 0.468. The van der Waals surface area contributed by atoms with E-state index in [4.69, 9.17) is 0 Å². The van der Waals surface area contributed by atoms with Crippen molar-refractivity contribution in [3.05, 3.63) is 59.7 Å². The van der Waals surface area contributed by atoms with Gasteiger partial charge in [-0.1, -0.05) is 65.8 Å². The Bertz CT molecular complexity index is 924. The molecule has 0 aromatic heterocycles. The van der Waals surface area contributed by atoms with E-state index in [2.05, 4.69) is 95.0 Å². The summed E-state index contributed by atoms with van der Waals surface area (Å²) in [6, 6.07) is 17.5. The van der Waals surface area contributed by atoms with Crippen molar-refractivity contribution in [3.63, 3.8) is 0 Å². The monoisotopic (exact) mass is 443 g/mol. The van der Waals surface area contributed by atoms with Crippen LogP contribution in [0.25, 0.3) is 0 Å². The van der Waals surface area contributed by atoms with Crippen molar-refractivity contribution in [1.82, 2.24) is 0 Å². The maximum Gasteiger partial charge on any atom is 0.237 e. The fourth-order valence-corrected chi connectivity index (χ4v) is 7.21. The van der Waals surface area contributed by atoms with Gasteiger partial charge in [0.05, 0.1) is 5.41 Å². The molecule has 0 radical (unpaired) electrons. The fourth-order valence-electron chi connectivity index (χ4n) is 7.21. The van der Waals surface area contributed by atoms with Crippen LogP contribution in [0.5, 0.6) is 0 Å². The highest BCUT2D eigenvalue weighted by Crippen LogP contribution is 2.61. The van der Waals surface area contributed by atoms with Gasteiger partial charge in [-0.05, 0) is 103 Å². The Kier molecular flexibility index (Phi) is 5.31. The molecule has 4 aliphatic rings. The van der Waals surface area contributed by atoms with Gasteiger partial charge in [-0.2, -0.15) is 0 Å². The van der Waals surface area contributed by atoms with Gasteiger partial charge in [0, 0.05) is 11.4 Å². The van der Waals surface area contributed by atoms with Crippen LogP contribution in [0.2, 0.25) is 0 Å². The highest BCUT2D eigenvalue weighted by atomic mass is 16.2. The molecule has 0 unspecified atom stereocenters. The number of carbonyl (C=O) groups excluding carboxylic acids is 1. The molecule has 0 saturated heterocycles. The van der Waals surface area contributed by atoms with E-state index in [1.54, 1.807) is 0 Å². The molecule has 1 amide bonds. The predicted octanol–water partition coefficient (Wildman–Crippen LogP) is 8.16. The second-order valence-corrected chi connectivity index (χ2v) is 13.4. The molecule has 4 saturated carbocycles. The van der Waals surface area contributed by atoms with Gasteiger partial charge >= 0.3 is 0 Å². The van der Waals surface area contributed by atoms with Crippen molar-refractivity contribution in [2.45, 2.75) is 90.9 Å². The molecule has 6 rings (SSSR count). The number of rotatable bonds is 3. The highest BCUT2D eigenvalue weighted by Gasteiger charge is 2.56. The molecule has 0 atom stereocenters. The van der Waals surface area contributed by atoms with Crippen LogP contribution in [0.15, 0.2) is 48.5 Å². The van der Waals surface area contributed by atoms with Gasteiger partial charge in [0.1, 0.15) is 0 Å². The molecule has 2 aromatic rings. The van der Waals surface area contributed by atoms with E-state index in [1.807, 2.05) is 0 Å². The third-order valence-electron chi connectivity index (χ3n) is 8.68. The van der Waals surface area contributed by atoms with E-state index in [9.17, 15) is 4.79 Å². The molecule has 4 bridgehead atoms. The Labute approximate surface area is 200 Å². The molecule has 2 nitrogen and oxygen atoms in total. The van der Waals surface area contributed by atoms with Gasteiger partial charge in [0.15, 0.2) is 0 Å². The third-order valence-corrected chi connectivity index (χ3v) is 8.68. The number of anilines is 2. The minimum atomic E-state index is -0.167. The Morgan fingerprint density at radius 2 is 1.00 bits per heavy atom. The zero-order chi connectivity index (χ0) is 23.6. The molecule has 176 valence electrons. The van der Waals surface area contributed by atoms with Crippen LogP contribution in [-0.2, 0) is 15.6 Å². The first-order valence-electron chi connectivity index (χ1n) is 13.0. The van der Waals surface area contributed by atoms with Crippen molar-refractivity contribution in [3.8, 4) is 0 Å². The lowest BCUT2D eigenvalue weighted by atomic mass is 9.49. The summed E-state index contributed by atoms with van der Waals surface area (Å²) in [5.74, 6) is 2.62. The lowest BCUT2D eigenvalue weighted by molar-refractivity contribution is -0.142. The van der Waals surface area contributed by atoms with Crippen LogP contribution in [0, 0.1) is 23.2 Å². The van der Waals surface area contributed by atoms with Crippen LogP contribution >= 0.6 is 0 Å². The maximum atomic E-state index is 14.5. The second kappa shape index (κ2) is 7.72. The van der Waals surface area contributed by atoms with Crippen LogP contribution in [0.4, 0.5) is 11.4 Å². The van der Waals surface area contributed by atoms with Crippen molar-refractivity contribution in [1.29, 1.82) is 0 Å². The van der Waals surface area contributed by atoms with Crippen molar-refractivity contribution in [2.24, 2.45) is 23.2 Å². The van der Waals surface area contributed by atoms with Crippen molar-refractivity contribution in [2.75, 3.05) is 4.90 Å². The van der Waals surface area contributed by atoms with E-state index in [1.165, 1.54) is 30.4 Å². The van der Waals surface area contributed by atoms with E-state index in [0.29, 0.717) is 5.91 Å². The summed E-state index contributed by atoms with van der Waals surface area (Å²) >= 11 is 0. The average Bonchev–Trinajstić information content (AvgIpc) is 2.72. The molecule has 0 heterocycles. The van der Waals surface area contributed by atoms with Crippen LogP contribution in [0.3, 0.4) is 0 Å². The topological polar surface area (TPSA) is 20.3 Å². The summed E-state index contributed by atoms with van der Waals surface area (Å²) in [5.41, 5.74) is 4.65. The maximum absolute atomic E-state index is 14.5. The number of nitrogens with zero attached hydrogens (tertiary/aromatic N) is 1. The van der Waals surface area contributed by atoms with E-state index in [0.717, 1.165) is 48.4 Å². The van der Waals surface area contributed by atoms with Crippen LogP contribution < -0.4 is 4.90 Å². The summed E-state index contributed by atoms with van der Waals surface area (Å²) in [6.07, 6.45) is 7.34. The Morgan fingerprint density at radius 1 is 0.667 bits per heavy atom. The summed E-state index contributed by atoms with van der Waals surface area (Å²) < 4.78 is 0.